The topological polar surface area (TPSA) is 25.2 Å². The van der Waals surface area contributed by atoms with Crippen LogP contribution in [0.3, 0.4) is 0 Å². The molecule has 1 fully saturated rings. The number of hydrogen-bond donors (Lipinski definition) is 0. The zero-order valence-electron chi connectivity index (χ0n) is 8.57. The second-order valence-corrected chi connectivity index (χ2v) is 3.95. The van der Waals surface area contributed by atoms with E-state index in [-0.39, 0.29) is 5.91 Å². The van der Waals surface area contributed by atoms with Gasteiger partial charge in [-0.15, -0.1) is 0 Å². The zero-order chi connectivity index (χ0) is 9.97. The van der Waals surface area contributed by atoms with Gasteiger partial charge in [-0.25, -0.2) is 0 Å². The quantitative estimate of drug-likeness (QED) is 0.691. The predicted molar refractivity (Wildman–Crippen MR) is 54.9 cm³/mol. The number of aryl methyl sites for hydroxylation is 1. The molecule has 14 heavy (non-hydrogen) atoms. The molecule has 0 unspecified atom stereocenters. The molecule has 1 aromatic heterocycles. The van der Waals surface area contributed by atoms with Gasteiger partial charge in [0.15, 0.2) is 0 Å². The van der Waals surface area contributed by atoms with Crippen LogP contribution >= 0.6 is 0 Å². The summed E-state index contributed by atoms with van der Waals surface area (Å²) in [6.45, 7) is 1.90. The van der Waals surface area contributed by atoms with Gasteiger partial charge in [-0.05, 0) is 24.5 Å². The van der Waals surface area contributed by atoms with Crippen molar-refractivity contribution in [2.24, 2.45) is 7.05 Å². The van der Waals surface area contributed by atoms with Crippen LogP contribution in [0.1, 0.15) is 18.4 Å². The predicted octanol–water partition coefficient (Wildman–Crippen LogP) is 1.19. The Kier molecular flexibility index (Phi) is 2.57. The first-order chi connectivity index (χ1) is 6.75. The van der Waals surface area contributed by atoms with Crippen LogP contribution in [0.4, 0.5) is 0 Å². The van der Waals surface area contributed by atoms with Crippen molar-refractivity contribution in [2.75, 3.05) is 13.1 Å². The number of nitrogens with zero attached hydrogens (tertiary/aromatic N) is 2. The Labute approximate surface area is 84.3 Å². The molecule has 3 nitrogen and oxygen atoms in total. The highest BCUT2D eigenvalue weighted by molar-refractivity contribution is 5.78. The molecule has 3 heteroatoms. The molecule has 76 valence electrons. The fourth-order valence-electron chi connectivity index (χ4n) is 1.92. The minimum Gasteiger partial charge on any atom is -0.357 e. The summed E-state index contributed by atoms with van der Waals surface area (Å²) in [4.78, 5) is 13.7. The summed E-state index contributed by atoms with van der Waals surface area (Å²) >= 11 is 0. The lowest BCUT2D eigenvalue weighted by Crippen LogP contribution is -2.28. The molecule has 1 aromatic rings. The highest BCUT2D eigenvalue weighted by Crippen LogP contribution is 2.10. The van der Waals surface area contributed by atoms with Gasteiger partial charge in [0.25, 0.3) is 0 Å². The Bertz CT molecular complexity index is 324. The van der Waals surface area contributed by atoms with E-state index >= 15 is 0 Å². The molecule has 0 bridgehead atoms. The third-order valence-electron chi connectivity index (χ3n) is 2.71. The van der Waals surface area contributed by atoms with Crippen LogP contribution in [0, 0.1) is 0 Å². The minimum atomic E-state index is 0.272. The second kappa shape index (κ2) is 3.86. The van der Waals surface area contributed by atoms with Gasteiger partial charge in [0.05, 0.1) is 6.42 Å². The van der Waals surface area contributed by atoms with Crippen LogP contribution in [0.5, 0.6) is 0 Å². The van der Waals surface area contributed by atoms with Crippen molar-refractivity contribution in [3.05, 3.63) is 24.0 Å². The molecule has 0 aromatic carbocycles. The van der Waals surface area contributed by atoms with E-state index in [1.165, 1.54) is 12.8 Å². The normalized spacial score (nSPS) is 16.2. The van der Waals surface area contributed by atoms with Crippen molar-refractivity contribution in [1.29, 1.82) is 0 Å². The monoisotopic (exact) mass is 192 g/mol. The van der Waals surface area contributed by atoms with Crippen LogP contribution in [-0.2, 0) is 18.3 Å². The zero-order valence-corrected chi connectivity index (χ0v) is 8.57. The third-order valence-corrected chi connectivity index (χ3v) is 2.71. The second-order valence-electron chi connectivity index (χ2n) is 3.95. The summed E-state index contributed by atoms with van der Waals surface area (Å²) in [5, 5.41) is 0. The Morgan fingerprint density at radius 3 is 2.71 bits per heavy atom. The Morgan fingerprint density at radius 2 is 2.14 bits per heavy atom. The molecule has 0 N–H and O–H groups in total. The van der Waals surface area contributed by atoms with Gasteiger partial charge in [-0.2, -0.15) is 0 Å². The first-order valence-corrected chi connectivity index (χ1v) is 5.14. The lowest BCUT2D eigenvalue weighted by molar-refractivity contribution is -0.129. The van der Waals surface area contributed by atoms with Crippen LogP contribution in [0.15, 0.2) is 18.5 Å². The Balaban J connectivity index is 1.93. The SMILES string of the molecule is Cn1ccc(CC(=O)N2CCCC2)c1. The van der Waals surface area contributed by atoms with E-state index in [9.17, 15) is 4.79 Å². The van der Waals surface area contributed by atoms with Gasteiger partial charge < -0.3 is 9.47 Å². The van der Waals surface area contributed by atoms with Crippen molar-refractivity contribution in [3.63, 3.8) is 0 Å². The molecule has 1 aliphatic heterocycles. The van der Waals surface area contributed by atoms with E-state index in [4.69, 9.17) is 0 Å². The van der Waals surface area contributed by atoms with Gasteiger partial charge in [0.2, 0.25) is 5.91 Å². The molecule has 2 heterocycles. The summed E-state index contributed by atoms with van der Waals surface area (Å²) in [7, 11) is 1.98. The van der Waals surface area contributed by atoms with E-state index in [1.54, 1.807) is 0 Å². The summed E-state index contributed by atoms with van der Waals surface area (Å²) < 4.78 is 1.98. The lowest BCUT2D eigenvalue weighted by atomic mass is 10.2. The molecular weight excluding hydrogens is 176 g/mol. The third kappa shape index (κ3) is 1.97. The smallest absolute Gasteiger partial charge is 0.227 e. The summed E-state index contributed by atoms with van der Waals surface area (Å²) in [6, 6.07) is 2.01. The maximum Gasteiger partial charge on any atom is 0.227 e. The number of hydrogen-bond acceptors (Lipinski definition) is 1. The van der Waals surface area contributed by atoms with E-state index in [1.807, 2.05) is 35.0 Å². The standard InChI is InChI=1S/C11H16N2O/c1-12-7-4-10(9-12)8-11(14)13-5-2-3-6-13/h4,7,9H,2-3,5-6,8H2,1H3. The molecule has 1 saturated heterocycles. The number of rotatable bonds is 2. The molecule has 0 atom stereocenters. The fraction of sp³-hybridized carbons (Fsp3) is 0.545. The van der Waals surface area contributed by atoms with Crippen molar-refractivity contribution in [3.8, 4) is 0 Å². The molecule has 2 rings (SSSR count). The van der Waals surface area contributed by atoms with E-state index in [0.717, 1.165) is 18.7 Å². The van der Waals surface area contributed by atoms with Crippen molar-refractivity contribution < 1.29 is 4.79 Å². The van der Waals surface area contributed by atoms with E-state index in [0.29, 0.717) is 6.42 Å². The summed E-state index contributed by atoms with van der Waals surface area (Å²) in [5.74, 6) is 0.272. The molecule has 0 aliphatic carbocycles. The van der Waals surface area contributed by atoms with Crippen molar-refractivity contribution in [2.45, 2.75) is 19.3 Å². The van der Waals surface area contributed by atoms with Gasteiger partial charge in [0.1, 0.15) is 0 Å². The number of carbonyl (C=O) groups excluding carboxylic acids is 1. The number of aromatic nitrogens is 1. The van der Waals surface area contributed by atoms with E-state index < -0.39 is 0 Å². The molecule has 1 aliphatic rings. The summed E-state index contributed by atoms with van der Waals surface area (Å²) in [5.41, 5.74) is 1.12. The molecular formula is C11H16N2O. The van der Waals surface area contributed by atoms with Gasteiger partial charge in [-0.3, -0.25) is 4.79 Å². The van der Waals surface area contributed by atoms with Crippen LogP contribution in [-0.4, -0.2) is 28.5 Å². The van der Waals surface area contributed by atoms with Crippen LogP contribution < -0.4 is 0 Å². The van der Waals surface area contributed by atoms with Gasteiger partial charge in [-0.1, -0.05) is 0 Å². The van der Waals surface area contributed by atoms with E-state index in [2.05, 4.69) is 0 Å². The average Bonchev–Trinajstić information content (AvgIpc) is 2.75. The number of carbonyl (C=O) groups is 1. The summed E-state index contributed by atoms with van der Waals surface area (Å²) in [6.07, 6.45) is 6.88. The first kappa shape index (κ1) is 9.31. The van der Waals surface area contributed by atoms with Gasteiger partial charge in [0, 0.05) is 32.5 Å². The Hall–Kier alpha value is -1.25. The first-order valence-electron chi connectivity index (χ1n) is 5.14. The highest BCUT2D eigenvalue weighted by atomic mass is 16.2. The van der Waals surface area contributed by atoms with Crippen LogP contribution in [0.25, 0.3) is 0 Å². The molecule has 1 amide bonds. The highest BCUT2D eigenvalue weighted by Gasteiger charge is 2.17. The number of likely N-dealkylation sites (tertiary alicyclic amines) is 1. The molecule has 0 saturated carbocycles. The maximum atomic E-state index is 11.7. The average molecular weight is 192 g/mol. The fourth-order valence-corrected chi connectivity index (χ4v) is 1.92. The van der Waals surface area contributed by atoms with Crippen molar-refractivity contribution >= 4 is 5.91 Å². The van der Waals surface area contributed by atoms with Crippen LogP contribution in [0.2, 0.25) is 0 Å². The maximum absolute atomic E-state index is 11.7. The van der Waals surface area contributed by atoms with Gasteiger partial charge >= 0.3 is 0 Å². The Morgan fingerprint density at radius 1 is 1.43 bits per heavy atom. The largest absolute Gasteiger partial charge is 0.357 e. The lowest BCUT2D eigenvalue weighted by Gasteiger charge is -2.14. The van der Waals surface area contributed by atoms with Crippen molar-refractivity contribution in [1.82, 2.24) is 9.47 Å². The minimum absolute atomic E-state index is 0.272. The number of amides is 1. The molecule has 0 spiro atoms. The molecule has 0 radical (unpaired) electrons.